The van der Waals surface area contributed by atoms with Crippen LogP contribution < -0.4 is 0 Å². The largest absolute Gasteiger partial charge is 0.248 e. The number of pyridine rings is 1. The Morgan fingerprint density at radius 1 is 0.211 bits per heavy atom. The van der Waals surface area contributed by atoms with Gasteiger partial charge < -0.3 is 0 Å². The zero-order chi connectivity index (χ0) is 46.9. The van der Waals surface area contributed by atoms with Crippen molar-refractivity contribution in [3.63, 3.8) is 0 Å². The number of aromatic nitrogens is 1. The van der Waals surface area contributed by atoms with Gasteiger partial charge in [-0.05, 0) is 147 Å². The van der Waals surface area contributed by atoms with Crippen LogP contribution in [0.1, 0.15) is 22.3 Å². The van der Waals surface area contributed by atoms with Crippen molar-refractivity contribution in [1.29, 1.82) is 0 Å². The minimum Gasteiger partial charge on any atom is -0.248 e. The molecular weight excluding hydrogens is 855 g/mol. The highest BCUT2D eigenvalue weighted by Crippen LogP contribution is 2.64. The molecule has 2 aliphatic carbocycles. The van der Waals surface area contributed by atoms with Gasteiger partial charge in [0.2, 0.25) is 0 Å². The first-order chi connectivity index (χ1) is 35.2. The second kappa shape index (κ2) is 16.5. The lowest BCUT2D eigenvalue weighted by Crippen LogP contribution is -2.25. The van der Waals surface area contributed by atoms with Crippen molar-refractivity contribution in [2.45, 2.75) is 5.41 Å². The smallest absolute Gasteiger partial charge is 0.0725 e. The molecule has 71 heavy (non-hydrogen) atoms. The molecular formula is C70H45N. The molecule has 0 atom stereocenters. The fraction of sp³-hybridized carbons (Fsp3) is 0.0143. The van der Waals surface area contributed by atoms with E-state index in [-0.39, 0.29) is 0 Å². The van der Waals surface area contributed by atoms with Gasteiger partial charge in [-0.2, -0.15) is 0 Å². The van der Waals surface area contributed by atoms with Crippen LogP contribution >= 0.6 is 0 Å². The molecule has 1 nitrogen and oxygen atoms in total. The first kappa shape index (κ1) is 40.9. The Kier molecular flexibility index (Phi) is 9.50. The summed E-state index contributed by atoms with van der Waals surface area (Å²) in [5.74, 6) is 0. The zero-order valence-electron chi connectivity index (χ0n) is 38.9. The first-order valence-corrected chi connectivity index (χ1v) is 24.6. The van der Waals surface area contributed by atoms with Crippen molar-refractivity contribution in [2.75, 3.05) is 0 Å². The third-order valence-corrected chi connectivity index (χ3v) is 15.1. The van der Waals surface area contributed by atoms with Gasteiger partial charge in [0.15, 0.2) is 0 Å². The third-order valence-electron chi connectivity index (χ3n) is 15.1. The van der Waals surface area contributed by atoms with E-state index in [0.29, 0.717) is 0 Å². The Hall–Kier alpha value is -9.17. The van der Waals surface area contributed by atoms with Gasteiger partial charge in [-0.1, -0.05) is 237 Å². The minimum absolute atomic E-state index is 0.457. The van der Waals surface area contributed by atoms with Crippen LogP contribution in [-0.4, -0.2) is 4.98 Å². The van der Waals surface area contributed by atoms with Gasteiger partial charge >= 0.3 is 0 Å². The van der Waals surface area contributed by atoms with E-state index in [1.165, 1.54) is 88.7 Å². The van der Waals surface area contributed by atoms with Crippen LogP contribution in [-0.2, 0) is 5.41 Å². The molecule has 0 saturated heterocycles. The summed E-state index contributed by atoms with van der Waals surface area (Å²) < 4.78 is 0. The summed E-state index contributed by atoms with van der Waals surface area (Å²) in [6.07, 6.45) is 0. The summed E-state index contributed by atoms with van der Waals surface area (Å²) in [4.78, 5) is 5.35. The lowest BCUT2D eigenvalue weighted by atomic mass is 9.70. The standard InChI is InChI=1S/C70H45N/c1-3-18-46(19-4-1)47-36-38-48(39-37-47)55-42-68(50-21-5-2-6-22-50)71-69(43-55)54-27-16-25-52(41-54)51-24-15-26-53(40-51)61-45-67-63(44-62(61)57-32-17-23-49-20-7-8-28-56(49)57)60-31-11-14-35-66(60)70(67)64-33-12-9-29-58(64)59-30-10-13-34-65(59)70/h1-45H. The Morgan fingerprint density at radius 3 is 1.31 bits per heavy atom. The molecule has 14 rings (SSSR count). The van der Waals surface area contributed by atoms with Gasteiger partial charge in [0.1, 0.15) is 0 Å². The predicted molar refractivity (Wildman–Crippen MR) is 296 cm³/mol. The highest BCUT2D eigenvalue weighted by molar-refractivity contribution is 6.04. The van der Waals surface area contributed by atoms with E-state index in [2.05, 4.69) is 273 Å². The summed E-state index contributed by atoms with van der Waals surface area (Å²) >= 11 is 0. The van der Waals surface area contributed by atoms with E-state index in [1.807, 2.05) is 0 Å². The van der Waals surface area contributed by atoms with Gasteiger partial charge in [-0.3, -0.25) is 0 Å². The number of hydrogen-bond acceptors (Lipinski definition) is 1. The molecule has 330 valence electrons. The Labute approximate surface area is 414 Å². The third kappa shape index (κ3) is 6.58. The average molecular weight is 900 g/mol. The Bertz CT molecular complexity index is 3980. The van der Waals surface area contributed by atoms with Crippen molar-refractivity contribution in [3.8, 4) is 100 Å². The maximum atomic E-state index is 5.35. The highest BCUT2D eigenvalue weighted by Gasteiger charge is 2.51. The maximum absolute atomic E-state index is 5.35. The zero-order valence-corrected chi connectivity index (χ0v) is 38.9. The Balaban J connectivity index is 0.937. The fourth-order valence-corrected chi connectivity index (χ4v) is 11.9. The van der Waals surface area contributed by atoms with Gasteiger partial charge in [0.25, 0.3) is 0 Å². The van der Waals surface area contributed by atoms with E-state index in [0.717, 1.165) is 44.8 Å². The van der Waals surface area contributed by atoms with Crippen molar-refractivity contribution in [1.82, 2.24) is 4.98 Å². The Morgan fingerprint density at radius 2 is 0.648 bits per heavy atom. The number of benzene rings is 11. The predicted octanol–water partition coefficient (Wildman–Crippen LogP) is 18.2. The van der Waals surface area contributed by atoms with Crippen molar-refractivity contribution >= 4 is 10.8 Å². The summed E-state index contributed by atoms with van der Waals surface area (Å²) in [5, 5.41) is 2.48. The molecule has 12 aromatic rings. The first-order valence-electron chi connectivity index (χ1n) is 24.6. The molecule has 11 aromatic carbocycles. The maximum Gasteiger partial charge on any atom is 0.0725 e. The second-order valence-corrected chi connectivity index (χ2v) is 19.0. The SMILES string of the molecule is c1ccc(-c2ccc(-c3cc(-c4ccccc4)nc(-c4cccc(-c5cccc(-c6cc7c(cc6-c6cccc8ccccc68)-c6ccccc6C76c7ccccc7-c7ccccc76)c5)c4)c3)cc2)cc1. The molecule has 0 fully saturated rings. The number of rotatable bonds is 7. The van der Waals surface area contributed by atoms with Crippen LogP contribution in [0, 0.1) is 0 Å². The van der Waals surface area contributed by atoms with Crippen LogP contribution in [0.3, 0.4) is 0 Å². The number of hydrogen-bond donors (Lipinski definition) is 0. The summed E-state index contributed by atoms with van der Waals surface area (Å²) in [5.41, 5.74) is 26.0. The molecule has 0 bridgehead atoms. The van der Waals surface area contributed by atoms with Crippen LogP contribution in [0.2, 0.25) is 0 Å². The molecule has 1 heteroatoms. The van der Waals surface area contributed by atoms with E-state index in [9.17, 15) is 0 Å². The van der Waals surface area contributed by atoms with Crippen LogP contribution in [0.25, 0.3) is 111 Å². The molecule has 1 spiro atoms. The van der Waals surface area contributed by atoms with Crippen molar-refractivity contribution < 1.29 is 0 Å². The molecule has 0 saturated carbocycles. The molecule has 1 aromatic heterocycles. The summed E-state index contributed by atoms with van der Waals surface area (Å²) in [6.45, 7) is 0. The summed E-state index contributed by atoms with van der Waals surface area (Å²) in [6, 6.07) is 100. The van der Waals surface area contributed by atoms with Crippen LogP contribution in [0.4, 0.5) is 0 Å². The molecule has 0 aliphatic heterocycles. The average Bonchev–Trinajstić information content (AvgIpc) is 3.93. The van der Waals surface area contributed by atoms with Crippen LogP contribution in [0.5, 0.6) is 0 Å². The van der Waals surface area contributed by atoms with Crippen molar-refractivity contribution in [3.05, 3.63) is 295 Å². The van der Waals surface area contributed by atoms with E-state index >= 15 is 0 Å². The van der Waals surface area contributed by atoms with Gasteiger partial charge in [-0.15, -0.1) is 0 Å². The topological polar surface area (TPSA) is 12.9 Å². The van der Waals surface area contributed by atoms with Gasteiger partial charge in [0, 0.05) is 11.1 Å². The highest BCUT2D eigenvalue weighted by atomic mass is 14.7. The van der Waals surface area contributed by atoms with Gasteiger partial charge in [0.05, 0.1) is 16.8 Å². The molecule has 2 aliphatic rings. The molecule has 0 unspecified atom stereocenters. The quantitative estimate of drug-likeness (QED) is 0.155. The van der Waals surface area contributed by atoms with Gasteiger partial charge in [-0.25, -0.2) is 4.98 Å². The monoisotopic (exact) mass is 899 g/mol. The molecule has 0 radical (unpaired) electrons. The lowest BCUT2D eigenvalue weighted by Gasteiger charge is -2.31. The van der Waals surface area contributed by atoms with E-state index < -0.39 is 5.41 Å². The second-order valence-electron chi connectivity index (χ2n) is 19.0. The van der Waals surface area contributed by atoms with E-state index in [1.54, 1.807) is 0 Å². The van der Waals surface area contributed by atoms with Crippen molar-refractivity contribution in [2.24, 2.45) is 0 Å². The lowest BCUT2D eigenvalue weighted by molar-refractivity contribution is 0.794. The van der Waals surface area contributed by atoms with Crippen LogP contribution in [0.15, 0.2) is 273 Å². The normalized spacial score (nSPS) is 12.6. The summed E-state index contributed by atoms with van der Waals surface area (Å²) in [7, 11) is 0. The number of nitrogens with zero attached hydrogens (tertiary/aromatic N) is 1. The molecule has 1 heterocycles. The minimum atomic E-state index is -0.457. The fourth-order valence-electron chi connectivity index (χ4n) is 11.9. The molecule has 0 amide bonds. The number of fused-ring (bicyclic) bond motifs is 11. The molecule has 0 N–H and O–H groups in total. The van der Waals surface area contributed by atoms with E-state index in [4.69, 9.17) is 4.98 Å².